The van der Waals surface area contributed by atoms with Crippen LogP contribution in [0.4, 0.5) is 10.1 Å². The minimum absolute atomic E-state index is 0.0378. The highest BCUT2D eigenvalue weighted by molar-refractivity contribution is 7.97. The molecule has 34 heavy (non-hydrogen) atoms. The van der Waals surface area contributed by atoms with E-state index in [2.05, 4.69) is 20.2 Å². The molecule has 1 saturated heterocycles. The van der Waals surface area contributed by atoms with Crippen LogP contribution < -0.4 is 14.8 Å². The molecule has 3 aromatic rings. The van der Waals surface area contributed by atoms with Gasteiger partial charge in [-0.3, -0.25) is 14.3 Å². The summed E-state index contributed by atoms with van der Waals surface area (Å²) >= 11 is 2.67. The molecule has 178 valence electrons. The zero-order chi connectivity index (χ0) is 24.0. The van der Waals surface area contributed by atoms with Crippen molar-refractivity contribution < 1.29 is 18.7 Å². The van der Waals surface area contributed by atoms with Crippen molar-refractivity contribution in [2.24, 2.45) is 13.0 Å². The first-order chi connectivity index (χ1) is 16.3. The summed E-state index contributed by atoms with van der Waals surface area (Å²) in [7, 11) is 1.78. The Balaban J connectivity index is 1.32. The number of likely N-dealkylation sites (tertiary alicyclic amines) is 1. The lowest BCUT2D eigenvalue weighted by atomic mass is 10.1. The number of hydrogen-bond acceptors (Lipinski definition) is 8. The molecule has 2 aromatic heterocycles. The molecule has 0 aliphatic carbocycles. The van der Waals surface area contributed by atoms with Gasteiger partial charge >= 0.3 is 0 Å². The number of carbonyl (C=O) groups excluding carboxylic acids is 2. The summed E-state index contributed by atoms with van der Waals surface area (Å²) in [5.74, 6) is -0.263. The maximum Gasteiger partial charge on any atom is 0.284 e. The summed E-state index contributed by atoms with van der Waals surface area (Å²) in [5.41, 5.74) is 1.33. The van der Waals surface area contributed by atoms with E-state index in [1.54, 1.807) is 29.5 Å². The van der Waals surface area contributed by atoms with E-state index in [-0.39, 0.29) is 29.6 Å². The second-order valence-electron chi connectivity index (χ2n) is 8.43. The van der Waals surface area contributed by atoms with Crippen LogP contribution in [0.15, 0.2) is 29.3 Å². The van der Waals surface area contributed by atoms with E-state index in [9.17, 15) is 14.0 Å². The van der Waals surface area contributed by atoms with E-state index in [1.807, 2.05) is 13.1 Å². The van der Waals surface area contributed by atoms with E-state index >= 15 is 0 Å². The number of aromatic nitrogens is 3. The number of amides is 2. The molecule has 0 spiro atoms. The topological polar surface area (TPSA) is 101 Å². The summed E-state index contributed by atoms with van der Waals surface area (Å²) in [5, 5.41) is 11.9. The number of hydrogen-bond donors (Lipinski definition) is 2. The van der Waals surface area contributed by atoms with E-state index in [4.69, 9.17) is 4.74 Å². The van der Waals surface area contributed by atoms with Gasteiger partial charge < -0.3 is 19.5 Å². The smallest absolute Gasteiger partial charge is 0.284 e. The molecule has 0 radical (unpaired) electrons. The maximum atomic E-state index is 13.6. The number of benzene rings is 1. The van der Waals surface area contributed by atoms with Crippen molar-refractivity contribution in [2.45, 2.75) is 24.8 Å². The van der Waals surface area contributed by atoms with E-state index in [1.165, 1.54) is 35.4 Å². The highest BCUT2D eigenvalue weighted by Gasteiger charge is 2.39. The summed E-state index contributed by atoms with van der Waals surface area (Å²) < 4.78 is 24.9. The van der Waals surface area contributed by atoms with Gasteiger partial charge in [0.25, 0.3) is 11.8 Å². The summed E-state index contributed by atoms with van der Waals surface area (Å²) in [4.78, 5) is 28.5. The predicted molar refractivity (Wildman–Crippen MR) is 127 cm³/mol. The van der Waals surface area contributed by atoms with Crippen molar-refractivity contribution in [3.63, 3.8) is 0 Å². The van der Waals surface area contributed by atoms with E-state index in [0.29, 0.717) is 47.4 Å². The second-order valence-corrected chi connectivity index (χ2v) is 10.5. The number of ether oxygens (including phenoxy) is 1. The number of fused-ring (bicyclic) bond motifs is 2. The number of anilines is 1. The predicted octanol–water partition coefficient (Wildman–Crippen LogP) is 3.01. The van der Waals surface area contributed by atoms with Crippen LogP contribution in [-0.2, 0) is 7.05 Å². The Bertz CT molecular complexity index is 1280. The first kappa shape index (κ1) is 22.8. The Hall–Kier alpha value is -2.96. The molecule has 0 bridgehead atoms. The fourth-order valence-electron chi connectivity index (χ4n) is 4.15. The summed E-state index contributed by atoms with van der Waals surface area (Å²) in [6.45, 7) is 4.88. The highest BCUT2D eigenvalue weighted by Crippen LogP contribution is 2.37. The Labute approximate surface area is 203 Å². The third kappa shape index (κ3) is 4.28. The molecule has 1 fully saturated rings. The van der Waals surface area contributed by atoms with Gasteiger partial charge in [0, 0.05) is 44.0 Å². The number of halogens is 1. The zero-order valence-corrected chi connectivity index (χ0v) is 20.4. The zero-order valence-electron chi connectivity index (χ0n) is 18.8. The van der Waals surface area contributed by atoms with Crippen LogP contribution in [0.5, 0.6) is 5.75 Å². The van der Waals surface area contributed by atoms with Crippen molar-refractivity contribution in [1.29, 1.82) is 0 Å². The average molecular weight is 503 g/mol. The molecule has 2 aliphatic rings. The Morgan fingerprint density at radius 2 is 2.09 bits per heavy atom. The van der Waals surface area contributed by atoms with Crippen LogP contribution >= 0.6 is 23.3 Å². The summed E-state index contributed by atoms with van der Waals surface area (Å²) in [6, 6.07) is 4.48. The first-order valence-electron chi connectivity index (χ1n) is 10.7. The molecular weight excluding hydrogens is 479 g/mol. The lowest BCUT2D eigenvalue weighted by Crippen LogP contribution is -2.36. The van der Waals surface area contributed by atoms with Gasteiger partial charge in [-0.05, 0) is 49.6 Å². The third-order valence-corrected chi connectivity index (χ3v) is 7.69. The van der Waals surface area contributed by atoms with Crippen LogP contribution in [0.3, 0.4) is 0 Å². The van der Waals surface area contributed by atoms with Gasteiger partial charge in [-0.2, -0.15) is 0 Å². The first-order valence-corrected chi connectivity index (χ1v) is 12.3. The van der Waals surface area contributed by atoms with Crippen LogP contribution in [-0.4, -0.2) is 57.2 Å². The lowest BCUT2D eigenvalue weighted by Gasteiger charge is -2.23. The molecule has 2 N–H and O–H groups in total. The highest BCUT2D eigenvalue weighted by atomic mass is 32.2. The van der Waals surface area contributed by atoms with Crippen molar-refractivity contribution in [3.05, 3.63) is 51.5 Å². The van der Waals surface area contributed by atoms with Gasteiger partial charge in [0.05, 0.1) is 11.5 Å². The molecule has 2 atom stereocenters. The standard InChI is InChI=1S/C22H23FN6O3S2/c1-11-6-14(4-5-15(11)23)24-20(30)18-19-17(9-28(18)3)34-27-16-8-29(7-13(16)10-32-19)22(31)21-26-25-12(2)33-21/h4-6,9,13,16,27H,7-8,10H2,1-3H3,(H,24,30). The Kier molecular flexibility index (Phi) is 6.04. The number of carbonyl (C=O) groups is 2. The SMILES string of the molecule is Cc1nnc(C(=O)N2CC3COc4c(cn(C)c4C(=O)Nc4ccc(F)c(C)c4)SNC3C2)s1. The molecule has 1 aromatic carbocycles. The Morgan fingerprint density at radius 1 is 1.26 bits per heavy atom. The molecule has 2 unspecified atom stereocenters. The molecule has 2 aliphatic heterocycles. The molecular formula is C22H23FN6O3S2. The lowest BCUT2D eigenvalue weighted by molar-refractivity contribution is 0.0781. The number of aryl methyl sites for hydroxylation is 3. The van der Waals surface area contributed by atoms with Gasteiger partial charge in [0.1, 0.15) is 10.8 Å². The molecule has 4 heterocycles. The number of rotatable bonds is 3. The molecule has 5 rings (SSSR count). The van der Waals surface area contributed by atoms with Gasteiger partial charge in [-0.1, -0.05) is 11.3 Å². The van der Waals surface area contributed by atoms with Crippen molar-refractivity contribution in [3.8, 4) is 5.75 Å². The van der Waals surface area contributed by atoms with Crippen LogP contribution in [0.1, 0.15) is 30.9 Å². The van der Waals surface area contributed by atoms with Crippen LogP contribution in [0.2, 0.25) is 0 Å². The third-order valence-electron chi connectivity index (χ3n) is 5.93. The fraction of sp³-hybridized carbons (Fsp3) is 0.364. The van der Waals surface area contributed by atoms with Crippen molar-refractivity contribution in [1.82, 2.24) is 24.4 Å². The molecule has 0 saturated carbocycles. The minimum atomic E-state index is -0.345. The summed E-state index contributed by atoms with van der Waals surface area (Å²) in [6.07, 6.45) is 1.83. The van der Waals surface area contributed by atoms with Gasteiger partial charge in [-0.15, -0.1) is 10.2 Å². The monoisotopic (exact) mass is 502 g/mol. The normalized spacial score (nSPS) is 19.6. The minimum Gasteiger partial charge on any atom is -0.489 e. The second kappa shape index (κ2) is 9.01. The average Bonchev–Trinajstić information content (AvgIpc) is 3.48. The number of nitrogens with one attached hydrogen (secondary N) is 2. The van der Waals surface area contributed by atoms with Gasteiger partial charge in [0.15, 0.2) is 11.4 Å². The quantitative estimate of drug-likeness (QED) is 0.531. The van der Waals surface area contributed by atoms with Crippen molar-refractivity contribution in [2.75, 3.05) is 25.0 Å². The molecule has 9 nitrogen and oxygen atoms in total. The van der Waals surface area contributed by atoms with Gasteiger partial charge in [-0.25, -0.2) is 4.39 Å². The fourth-order valence-corrected chi connectivity index (χ4v) is 5.82. The van der Waals surface area contributed by atoms with Crippen molar-refractivity contribution >= 4 is 40.8 Å². The van der Waals surface area contributed by atoms with E-state index in [0.717, 1.165) is 9.90 Å². The number of nitrogens with zero attached hydrogens (tertiary/aromatic N) is 4. The molecule has 12 heteroatoms. The van der Waals surface area contributed by atoms with Crippen LogP contribution in [0, 0.1) is 25.6 Å². The van der Waals surface area contributed by atoms with Gasteiger partial charge in [0.2, 0.25) is 5.01 Å². The largest absolute Gasteiger partial charge is 0.489 e. The Morgan fingerprint density at radius 3 is 2.82 bits per heavy atom. The van der Waals surface area contributed by atoms with E-state index < -0.39 is 0 Å². The molecule has 2 amide bonds. The van der Waals surface area contributed by atoms with Crippen LogP contribution in [0.25, 0.3) is 0 Å². The maximum absolute atomic E-state index is 13.6.